The summed E-state index contributed by atoms with van der Waals surface area (Å²) in [5.41, 5.74) is 2.35. The van der Waals surface area contributed by atoms with E-state index in [-0.39, 0.29) is 18.6 Å². The maximum atomic E-state index is 11.4. The minimum Gasteiger partial charge on any atom is -0.486 e. The Kier molecular flexibility index (Phi) is 8.28. The first-order valence-corrected chi connectivity index (χ1v) is 10.8. The normalized spacial score (nSPS) is 11.9. The molecule has 4 heteroatoms. The Morgan fingerprint density at radius 1 is 0.967 bits per heavy atom. The highest BCUT2D eigenvalue weighted by atomic mass is 16.5. The second-order valence-electron chi connectivity index (χ2n) is 7.41. The SMILES string of the molecule is CCCCC(Oc1ccc2cc(CNCC(=O)OCC)ccc2c1)c1ccccc1. The Morgan fingerprint density at radius 2 is 1.73 bits per heavy atom. The van der Waals surface area contributed by atoms with E-state index in [1.54, 1.807) is 0 Å². The van der Waals surface area contributed by atoms with Crippen LogP contribution in [0.3, 0.4) is 0 Å². The Hall–Kier alpha value is -2.85. The third-order valence-electron chi connectivity index (χ3n) is 5.05. The van der Waals surface area contributed by atoms with E-state index in [4.69, 9.17) is 9.47 Å². The number of fused-ring (bicyclic) bond motifs is 1. The minimum absolute atomic E-state index is 0.0648. The van der Waals surface area contributed by atoms with Crippen LogP contribution in [0.5, 0.6) is 5.75 Å². The van der Waals surface area contributed by atoms with E-state index in [2.05, 4.69) is 66.8 Å². The molecule has 0 aliphatic rings. The standard InChI is InChI=1S/C26H31NO3/c1-3-5-11-25(21-9-7-6-8-10-21)30-24-15-14-22-16-20(12-13-23(22)17-24)18-27-19-26(28)29-4-2/h6-10,12-17,25,27H,3-5,11,18-19H2,1-2H3. The van der Waals surface area contributed by atoms with Gasteiger partial charge < -0.3 is 14.8 Å². The van der Waals surface area contributed by atoms with E-state index in [0.29, 0.717) is 13.2 Å². The molecule has 3 aromatic rings. The number of nitrogens with one attached hydrogen (secondary N) is 1. The lowest BCUT2D eigenvalue weighted by molar-refractivity contribution is -0.142. The summed E-state index contributed by atoms with van der Waals surface area (Å²) in [6.07, 6.45) is 3.35. The molecule has 0 aliphatic heterocycles. The molecule has 0 aliphatic carbocycles. The van der Waals surface area contributed by atoms with Crippen LogP contribution in [0.4, 0.5) is 0 Å². The van der Waals surface area contributed by atoms with Crippen LogP contribution >= 0.6 is 0 Å². The van der Waals surface area contributed by atoms with E-state index in [0.717, 1.165) is 41.3 Å². The number of rotatable bonds is 11. The topological polar surface area (TPSA) is 47.6 Å². The van der Waals surface area contributed by atoms with Crippen molar-refractivity contribution < 1.29 is 14.3 Å². The zero-order valence-electron chi connectivity index (χ0n) is 17.9. The van der Waals surface area contributed by atoms with Crippen LogP contribution in [0.1, 0.15) is 50.3 Å². The largest absolute Gasteiger partial charge is 0.486 e. The van der Waals surface area contributed by atoms with Crippen LogP contribution in [-0.2, 0) is 16.1 Å². The molecule has 0 fully saturated rings. The summed E-state index contributed by atoms with van der Waals surface area (Å²) < 4.78 is 11.3. The Bertz CT molecular complexity index is 939. The highest BCUT2D eigenvalue weighted by molar-refractivity contribution is 5.84. The van der Waals surface area contributed by atoms with Crippen LogP contribution in [0, 0.1) is 0 Å². The van der Waals surface area contributed by atoms with Gasteiger partial charge in [0.05, 0.1) is 13.2 Å². The third-order valence-corrected chi connectivity index (χ3v) is 5.05. The molecule has 0 amide bonds. The van der Waals surface area contributed by atoms with E-state index >= 15 is 0 Å². The smallest absolute Gasteiger partial charge is 0.319 e. The van der Waals surface area contributed by atoms with Crippen LogP contribution in [0.25, 0.3) is 10.8 Å². The van der Waals surface area contributed by atoms with Crippen LogP contribution < -0.4 is 10.1 Å². The fraction of sp³-hybridized carbons (Fsp3) is 0.346. The van der Waals surface area contributed by atoms with Crippen LogP contribution in [-0.4, -0.2) is 19.1 Å². The van der Waals surface area contributed by atoms with Crippen molar-refractivity contribution in [2.24, 2.45) is 0 Å². The number of hydrogen-bond acceptors (Lipinski definition) is 4. The average molecular weight is 406 g/mol. The predicted octanol–water partition coefficient (Wildman–Crippen LogP) is 5.80. The maximum Gasteiger partial charge on any atom is 0.319 e. The lowest BCUT2D eigenvalue weighted by Gasteiger charge is -2.20. The van der Waals surface area contributed by atoms with Gasteiger partial charge in [-0.25, -0.2) is 0 Å². The fourth-order valence-corrected chi connectivity index (χ4v) is 3.49. The monoisotopic (exact) mass is 405 g/mol. The molecule has 0 heterocycles. The van der Waals surface area contributed by atoms with Crippen LogP contribution in [0.2, 0.25) is 0 Å². The molecule has 3 aromatic carbocycles. The number of benzene rings is 3. The molecule has 1 unspecified atom stereocenters. The molecule has 0 spiro atoms. The summed E-state index contributed by atoms with van der Waals surface area (Å²) in [7, 11) is 0. The number of ether oxygens (including phenoxy) is 2. The fourth-order valence-electron chi connectivity index (χ4n) is 3.49. The molecular formula is C26H31NO3. The van der Waals surface area contributed by atoms with Gasteiger partial charge in [0.2, 0.25) is 0 Å². The van der Waals surface area contributed by atoms with Crippen molar-refractivity contribution in [2.45, 2.75) is 45.8 Å². The molecular weight excluding hydrogens is 374 g/mol. The zero-order valence-corrected chi connectivity index (χ0v) is 17.9. The van der Waals surface area contributed by atoms with E-state index in [1.165, 1.54) is 5.56 Å². The number of esters is 1. The maximum absolute atomic E-state index is 11.4. The predicted molar refractivity (Wildman–Crippen MR) is 122 cm³/mol. The Balaban J connectivity index is 1.67. The molecule has 30 heavy (non-hydrogen) atoms. The van der Waals surface area contributed by atoms with Gasteiger partial charge in [0.1, 0.15) is 11.9 Å². The van der Waals surface area contributed by atoms with Crippen molar-refractivity contribution in [1.29, 1.82) is 0 Å². The number of unbranched alkanes of at least 4 members (excludes halogenated alkanes) is 1. The first-order valence-electron chi connectivity index (χ1n) is 10.8. The second-order valence-corrected chi connectivity index (χ2v) is 7.41. The summed E-state index contributed by atoms with van der Waals surface area (Å²) in [5, 5.41) is 5.42. The lowest BCUT2D eigenvalue weighted by Crippen LogP contribution is -2.24. The first-order chi connectivity index (χ1) is 14.7. The van der Waals surface area contributed by atoms with Gasteiger partial charge in [0.25, 0.3) is 0 Å². The van der Waals surface area contributed by atoms with Crippen molar-refractivity contribution in [3.63, 3.8) is 0 Å². The average Bonchev–Trinajstić information content (AvgIpc) is 2.77. The van der Waals surface area contributed by atoms with Gasteiger partial charge in [-0.1, -0.05) is 61.9 Å². The van der Waals surface area contributed by atoms with Gasteiger partial charge in [-0.05, 0) is 59.9 Å². The number of carbonyl (C=O) groups is 1. The quantitative estimate of drug-likeness (QED) is 0.409. The molecule has 0 aromatic heterocycles. The molecule has 0 saturated carbocycles. The molecule has 0 saturated heterocycles. The summed E-state index contributed by atoms with van der Waals surface area (Å²) >= 11 is 0. The molecule has 4 nitrogen and oxygen atoms in total. The van der Waals surface area contributed by atoms with E-state index in [9.17, 15) is 4.79 Å². The highest BCUT2D eigenvalue weighted by Crippen LogP contribution is 2.29. The zero-order chi connectivity index (χ0) is 21.2. The number of carbonyl (C=O) groups excluding carboxylic acids is 1. The molecule has 0 radical (unpaired) electrons. The van der Waals surface area contributed by atoms with Gasteiger partial charge in [-0.2, -0.15) is 0 Å². The Labute approximate surface area is 179 Å². The van der Waals surface area contributed by atoms with Gasteiger partial charge in [0.15, 0.2) is 0 Å². The van der Waals surface area contributed by atoms with Gasteiger partial charge >= 0.3 is 5.97 Å². The van der Waals surface area contributed by atoms with Crippen molar-refractivity contribution in [2.75, 3.05) is 13.2 Å². The Morgan fingerprint density at radius 3 is 2.50 bits per heavy atom. The van der Waals surface area contributed by atoms with Crippen molar-refractivity contribution in [1.82, 2.24) is 5.32 Å². The van der Waals surface area contributed by atoms with Crippen molar-refractivity contribution in [3.8, 4) is 5.75 Å². The second kappa shape index (κ2) is 11.4. The molecule has 158 valence electrons. The van der Waals surface area contributed by atoms with Crippen LogP contribution in [0.15, 0.2) is 66.7 Å². The number of hydrogen-bond donors (Lipinski definition) is 1. The van der Waals surface area contributed by atoms with Gasteiger partial charge in [-0.15, -0.1) is 0 Å². The summed E-state index contributed by atoms with van der Waals surface area (Å²) in [4.78, 5) is 11.4. The van der Waals surface area contributed by atoms with Crippen molar-refractivity contribution >= 4 is 16.7 Å². The van der Waals surface area contributed by atoms with Gasteiger partial charge in [-0.3, -0.25) is 4.79 Å². The van der Waals surface area contributed by atoms with Crippen molar-refractivity contribution in [3.05, 3.63) is 77.9 Å². The summed E-state index contributed by atoms with van der Waals surface area (Å²) in [6.45, 7) is 5.27. The third kappa shape index (κ3) is 6.33. The molecule has 1 atom stereocenters. The van der Waals surface area contributed by atoms with Gasteiger partial charge in [0, 0.05) is 6.54 Å². The summed E-state index contributed by atoms with van der Waals surface area (Å²) in [6, 6.07) is 23.0. The molecule has 3 rings (SSSR count). The molecule has 1 N–H and O–H groups in total. The first kappa shape index (κ1) is 21.8. The summed E-state index contributed by atoms with van der Waals surface area (Å²) in [5.74, 6) is 0.664. The highest BCUT2D eigenvalue weighted by Gasteiger charge is 2.13. The van der Waals surface area contributed by atoms with E-state index < -0.39 is 0 Å². The minimum atomic E-state index is -0.226. The van der Waals surface area contributed by atoms with E-state index in [1.807, 2.05) is 19.1 Å². The molecule has 0 bridgehead atoms. The lowest BCUT2D eigenvalue weighted by atomic mass is 10.0.